The van der Waals surface area contributed by atoms with E-state index in [1.54, 1.807) is 30.3 Å². The van der Waals surface area contributed by atoms with E-state index in [1.165, 1.54) is 18.2 Å². The summed E-state index contributed by atoms with van der Waals surface area (Å²) in [5.74, 6) is -0.838. The summed E-state index contributed by atoms with van der Waals surface area (Å²) in [7, 11) is -4.43. The molecule has 0 saturated carbocycles. The lowest BCUT2D eigenvalue weighted by Gasteiger charge is -2.17. The molecule has 29 heavy (non-hydrogen) atoms. The van der Waals surface area contributed by atoms with Crippen LogP contribution in [0, 0.1) is 0 Å². The van der Waals surface area contributed by atoms with Gasteiger partial charge in [-0.05, 0) is 36.4 Å². The molecule has 9 nitrogen and oxygen atoms in total. The zero-order chi connectivity index (χ0) is 21.0. The lowest BCUT2D eigenvalue weighted by molar-refractivity contribution is -0.121. The largest absolute Gasteiger partial charge is 0.514 e. The van der Waals surface area contributed by atoms with E-state index < -0.39 is 34.7 Å². The molecule has 0 unspecified atom stereocenters. The molecule has 1 saturated heterocycles. The molecule has 1 aliphatic rings. The van der Waals surface area contributed by atoms with Crippen LogP contribution in [0.3, 0.4) is 0 Å². The Labute approximate surface area is 166 Å². The second kappa shape index (κ2) is 8.15. The number of benzene rings is 2. The number of para-hydroxylation sites is 1. The molecular formula is C19H16N2O7S. The Morgan fingerprint density at radius 1 is 1.07 bits per heavy atom. The van der Waals surface area contributed by atoms with Gasteiger partial charge in [0.15, 0.2) is 0 Å². The van der Waals surface area contributed by atoms with Crippen molar-refractivity contribution < 1.29 is 32.3 Å². The number of urea groups is 1. The van der Waals surface area contributed by atoms with Crippen LogP contribution >= 0.6 is 0 Å². The maximum Gasteiger partial charge on any atom is 0.514 e. The van der Waals surface area contributed by atoms with Gasteiger partial charge in [-0.1, -0.05) is 30.9 Å². The number of sulfonamides is 1. The molecule has 150 valence electrons. The SMILES string of the molecule is C=CCOC(=O)Oc1ccc(S(=O)(=O)N2C(=O)CN(c3ccccc3)C2=O)cc1. The number of imide groups is 1. The minimum absolute atomic E-state index is 0.0306. The maximum atomic E-state index is 12.8. The standard InChI is InChI=1S/C19H16N2O7S/c1-2-12-27-19(24)28-15-8-10-16(11-9-15)29(25,26)21-17(22)13-20(18(21)23)14-6-4-3-5-7-14/h2-11H,1,12-13H2. The molecule has 3 rings (SSSR count). The number of amides is 3. The van der Waals surface area contributed by atoms with Gasteiger partial charge in [-0.15, -0.1) is 4.31 Å². The Hall–Kier alpha value is -3.66. The Morgan fingerprint density at radius 2 is 1.72 bits per heavy atom. The molecule has 0 radical (unpaired) electrons. The summed E-state index contributed by atoms with van der Waals surface area (Å²) in [6.07, 6.45) is 0.378. The molecule has 3 amide bonds. The summed E-state index contributed by atoms with van der Waals surface area (Å²) >= 11 is 0. The van der Waals surface area contributed by atoms with Gasteiger partial charge in [-0.2, -0.15) is 0 Å². The van der Waals surface area contributed by atoms with Crippen LogP contribution in [0.15, 0.2) is 72.1 Å². The molecule has 0 aromatic heterocycles. The highest BCUT2D eigenvalue weighted by molar-refractivity contribution is 7.90. The van der Waals surface area contributed by atoms with E-state index in [4.69, 9.17) is 4.74 Å². The van der Waals surface area contributed by atoms with Crippen LogP contribution in [0.25, 0.3) is 0 Å². The minimum Gasteiger partial charge on any atom is -0.430 e. The van der Waals surface area contributed by atoms with Crippen molar-refractivity contribution in [1.82, 2.24) is 4.31 Å². The number of ether oxygens (including phenoxy) is 2. The van der Waals surface area contributed by atoms with E-state index in [1.807, 2.05) is 0 Å². The average Bonchev–Trinajstić information content (AvgIpc) is 3.02. The summed E-state index contributed by atoms with van der Waals surface area (Å²) < 4.78 is 35.4. The van der Waals surface area contributed by atoms with Crippen molar-refractivity contribution in [2.24, 2.45) is 0 Å². The van der Waals surface area contributed by atoms with Crippen molar-refractivity contribution in [1.29, 1.82) is 0 Å². The summed E-state index contributed by atoms with van der Waals surface area (Å²) in [4.78, 5) is 37.1. The quantitative estimate of drug-likeness (QED) is 0.308. The fourth-order valence-electron chi connectivity index (χ4n) is 2.57. The second-order valence-corrected chi connectivity index (χ2v) is 7.58. The third-order valence-electron chi connectivity index (χ3n) is 3.87. The van der Waals surface area contributed by atoms with Gasteiger partial charge >= 0.3 is 12.2 Å². The van der Waals surface area contributed by atoms with Crippen molar-refractivity contribution in [3.8, 4) is 5.75 Å². The highest BCUT2D eigenvalue weighted by atomic mass is 32.2. The Morgan fingerprint density at radius 3 is 2.34 bits per heavy atom. The molecule has 10 heteroatoms. The van der Waals surface area contributed by atoms with Crippen molar-refractivity contribution in [3.63, 3.8) is 0 Å². The third-order valence-corrected chi connectivity index (χ3v) is 5.58. The molecule has 0 bridgehead atoms. The first-order chi connectivity index (χ1) is 13.8. The summed E-state index contributed by atoms with van der Waals surface area (Å²) in [5.41, 5.74) is 0.408. The molecule has 1 heterocycles. The Bertz CT molecular complexity index is 1050. The number of hydrogen-bond acceptors (Lipinski definition) is 7. The van der Waals surface area contributed by atoms with Crippen LogP contribution in [0.2, 0.25) is 0 Å². The maximum absolute atomic E-state index is 12.8. The molecular weight excluding hydrogens is 400 g/mol. The summed E-state index contributed by atoms with van der Waals surface area (Å²) in [6.45, 7) is 2.96. The van der Waals surface area contributed by atoms with Gasteiger partial charge in [0, 0.05) is 5.69 Å². The van der Waals surface area contributed by atoms with Crippen LogP contribution in [0.5, 0.6) is 5.75 Å². The van der Waals surface area contributed by atoms with Gasteiger partial charge in [-0.3, -0.25) is 9.69 Å². The van der Waals surface area contributed by atoms with Gasteiger partial charge < -0.3 is 9.47 Å². The first-order valence-corrected chi connectivity index (χ1v) is 9.79. The van der Waals surface area contributed by atoms with Gasteiger partial charge in [0.2, 0.25) is 0 Å². The number of hydrogen-bond donors (Lipinski definition) is 0. The number of rotatable bonds is 6. The lowest BCUT2D eigenvalue weighted by atomic mass is 10.3. The van der Waals surface area contributed by atoms with E-state index in [2.05, 4.69) is 11.3 Å². The molecule has 0 spiro atoms. The van der Waals surface area contributed by atoms with E-state index in [0.717, 1.165) is 17.0 Å². The number of anilines is 1. The van der Waals surface area contributed by atoms with E-state index in [-0.39, 0.29) is 21.6 Å². The predicted octanol–water partition coefficient (Wildman–Crippen LogP) is 2.55. The molecule has 0 aliphatic carbocycles. The van der Waals surface area contributed by atoms with E-state index in [9.17, 15) is 22.8 Å². The Balaban J connectivity index is 1.80. The highest BCUT2D eigenvalue weighted by Gasteiger charge is 2.45. The minimum atomic E-state index is -4.43. The molecule has 2 aromatic carbocycles. The molecule has 0 N–H and O–H groups in total. The molecule has 2 aromatic rings. The van der Waals surface area contributed by atoms with Gasteiger partial charge in [-0.25, -0.2) is 18.0 Å². The van der Waals surface area contributed by atoms with Crippen LogP contribution in [0.1, 0.15) is 0 Å². The normalized spacial score (nSPS) is 14.1. The molecule has 0 atom stereocenters. The zero-order valence-corrected chi connectivity index (χ0v) is 15.9. The number of carbonyl (C=O) groups is 3. The van der Waals surface area contributed by atoms with Crippen molar-refractivity contribution in [3.05, 3.63) is 67.3 Å². The van der Waals surface area contributed by atoms with Gasteiger partial charge in [0.05, 0.1) is 4.90 Å². The lowest BCUT2D eigenvalue weighted by Crippen LogP contribution is -2.38. The van der Waals surface area contributed by atoms with Gasteiger partial charge in [0.25, 0.3) is 15.9 Å². The second-order valence-electron chi connectivity index (χ2n) is 5.79. The fourth-order valence-corrected chi connectivity index (χ4v) is 3.89. The first-order valence-electron chi connectivity index (χ1n) is 8.35. The van der Waals surface area contributed by atoms with Crippen LogP contribution in [0.4, 0.5) is 15.3 Å². The zero-order valence-electron chi connectivity index (χ0n) is 15.1. The van der Waals surface area contributed by atoms with Gasteiger partial charge in [0.1, 0.15) is 18.9 Å². The molecule has 1 fully saturated rings. The third kappa shape index (κ3) is 4.11. The molecule has 1 aliphatic heterocycles. The average molecular weight is 416 g/mol. The smallest absolute Gasteiger partial charge is 0.430 e. The number of nitrogens with zero attached hydrogens (tertiary/aromatic N) is 2. The fraction of sp³-hybridized carbons (Fsp3) is 0.105. The first kappa shape index (κ1) is 20.1. The van der Waals surface area contributed by atoms with Crippen LogP contribution in [-0.2, 0) is 19.6 Å². The van der Waals surface area contributed by atoms with Crippen molar-refractivity contribution in [2.75, 3.05) is 18.1 Å². The summed E-state index contributed by atoms with van der Waals surface area (Å²) in [6, 6.07) is 12.0. The van der Waals surface area contributed by atoms with Crippen LogP contribution < -0.4 is 9.64 Å². The van der Waals surface area contributed by atoms with Crippen molar-refractivity contribution >= 4 is 33.8 Å². The topological polar surface area (TPSA) is 110 Å². The summed E-state index contributed by atoms with van der Waals surface area (Å²) in [5, 5.41) is 0. The van der Waals surface area contributed by atoms with Crippen molar-refractivity contribution in [2.45, 2.75) is 4.90 Å². The van der Waals surface area contributed by atoms with Crippen LogP contribution in [-0.4, -0.2) is 44.0 Å². The monoisotopic (exact) mass is 416 g/mol. The van der Waals surface area contributed by atoms with E-state index in [0.29, 0.717) is 5.69 Å². The number of carbonyl (C=O) groups excluding carboxylic acids is 3. The Kier molecular flexibility index (Phi) is 5.64. The highest BCUT2D eigenvalue weighted by Crippen LogP contribution is 2.27. The van der Waals surface area contributed by atoms with E-state index >= 15 is 0 Å². The predicted molar refractivity (Wildman–Crippen MR) is 102 cm³/mol.